The van der Waals surface area contributed by atoms with Crippen LogP contribution in [0.5, 0.6) is 5.75 Å². The molecule has 1 N–H and O–H groups in total. The van der Waals surface area contributed by atoms with Gasteiger partial charge in [-0.05, 0) is 24.3 Å². The Bertz CT molecular complexity index is 611. The van der Waals surface area contributed by atoms with Crippen LogP contribution in [0, 0.1) is 0 Å². The van der Waals surface area contributed by atoms with Crippen LogP contribution < -0.4 is 4.74 Å². The van der Waals surface area contributed by atoms with E-state index < -0.39 is 22.1 Å². The van der Waals surface area contributed by atoms with E-state index in [4.69, 9.17) is 5.11 Å². The van der Waals surface area contributed by atoms with Gasteiger partial charge in [0.2, 0.25) is 10.0 Å². The van der Waals surface area contributed by atoms with Crippen LogP contribution in [0.3, 0.4) is 0 Å². The number of piperazine rings is 1. The summed E-state index contributed by atoms with van der Waals surface area (Å²) >= 11 is 0. The maximum Gasteiger partial charge on any atom is 0.573 e. The summed E-state index contributed by atoms with van der Waals surface area (Å²) in [5.41, 5.74) is 0. The Morgan fingerprint density at radius 3 is 2.13 bits per heavy atom. The van der Waals surface area contributed by atoms with Crippen molar-refractivity contribution in [3.05, 3.63) is 24.3 Å². The van der Waals surface area contributed by atoms with E-state index in [9.17, 15) is 21.6 Å². The Hall–Kier alpha value is -1.36. The summed E-state index contributed by atoms with van der Waals surface area (Å²) in [6, 6.07) is 4.14. The number of sulfonamides is 1. The largest absolute Gasteiger partial charge is 0.573 e. The normalized spacial score (nSPS) is 18.1. The van der Waals surface area contributed by atoms with Gasteiger partial charge in [0.15, 0.2) is 0 Å². The quantitative estimate of drug-likeness (QED) is 0.850. The zero-order chi connectivity index (χ0) is 17.1. The molecule has 1 saturated heterocycles. The molecule has 130 valence electrons. The minimum absolute atomic E-state index is 0.00736. The van der Waals surface area contributed by atoms with E-state index in [1.54, 1.807) is 0 Å². The number of halogens is 3. The maximum atomic E-state index is 12.4. The molecular formula is C13H17F3N2O4S. The van der Waals surface area contributed by atoms with Crippen molar-refractivity contribution in [3.63, 3.8) is 0 Å². The fourth-order valence-corrected chi connectivity index (χ4v) is 3.72. The van der Waals surface area contributed by atoms with E-state index in [2.05, 4.69) is 4.74 Å². The summed E-state index contributed by atoms with van der Waals surface area (Å²) in [5.74, 6) is -0.468. The van der Waals surface area contributed by atoms with Crippen LogP contribution in [0.4, 0.5) is 13.2 Å². The van der Waals surface area contributed by atoms with Gasteiger partial charge >= 0.3 is 6.36 Å². The first-order valence-corrected chi connectivity index (χ1v) is 8.35. The summed E-state index contributed by atoms with van der Waals surface area (Å²) in [6.07, 6.45) is -4.82. The molecule has 0 atom stereocenters. The lowest BCUT2D eigenvalue weighted by Crippen LogP contribution is -2.49. The molecule has 0 unspecified atom stereocenters. The third-order valence-corrected chi connectivity index (χ3v) is 5.36. The number of alkyl halides is 3. The number of aliphatic hydroxyl groups excluding tert-OH is 1. The predicted octanol–water partition coefficient (Wildman–Crippen LogP) is 0.884. The van der Waals surface area contributed by atoms with Crippen molar-refractivity contribution >= 4 is 10.0 Å². The first kappa shape index (κ1) is 18.0. The van der Waals surface area contributed by atoms with Crippen LogP contribution in [0.1, 0.15) is 0 Å². The molecule has 10 heteroatoms. The highest BCUT2D eigenvalue weighted by molar-refractivity contribution is 7.89. The molecule has 23 heavy (non-hydrogen) atoms. The van der Waals surface area contributed by atoms with E-state index >= 15 is 0 Å². The van der Waals surface area contributed by atoms with Gasteiger partial charge in [-0.15, -0.1) is 13.2 Å². The number of ether oxygens (including phenoxy) is 1. The Kier molecular flexibility index (Phi) is 5.50. The summed E-state index contributed by atoms with van der Waals surface area (Å²) < 4.78 is 66.2. The molecule has 1 aliphatic rings. The molecule has 6 nitrogen and oxygen atoms in total. The molecule has 0 saturated carbocycles. The minimum Gasteiger partial charge on any atom is -0.406 e. The van der Waals surface area contributed by atoms with Gasteiger partial charge in [0.1, 0.15) is 5.75 Å². The summed E-state index contributed by atoms with van der Waals surface area (Å²) in [7, 11) is -3.75. The van der Waals surface area contributed by atoms with Gasteiger partial charge in [-0.1, -0.05) is 0 Å². The second-order valence-electron chi connectivity index (χ2n) is 4.99. The molecular weight excluding hydrogens is 337 g/mol. The van der Waals surface area contributed by atoms with Gasteiger partial charge in [-0.2, -0.15) is 4.31 Å². The number of nitrogens with zero attached hydrogens (tertiary/aromatic N) is 2. The molecule has 1 aromatic carbocycles. The highest BCUT2D eigenvalue weighted by atomic mass is 32.2. The topological polar surface area (TPSA) is 70.1 Å². The minimum atomic E-state index is -4.82. The second kappa shape index (κ2) is 7.04. The molecule has 1 heterocycles. The molecule has 1 aliphatic heterocycles. The van der Waals surface area contributed by atoms with Crippen molar-refractivity contribution < 1.29 is 31.4 Å². The van der Waals surface area contributed by atoms with Crippen LogP contribution in [-0.2, 0) is 10.0 Å². The van der Waals surface area contributed by atoms with Crippen molar-refractivity contribution in [2.75, 3.05) is 39.3 Å². The lowest BCUT2D eigenvalue weighted by molar-refractivity contribution is -0.274. The van der Waals surface area contributed by atoms with Gasteiger partial charge < -0.3 is 9.84 Å². The predicted molar refractivity (Wildman–Crippen MR) is 75.4 cm³/mol. The van der Waals surface area contributed by atoms with E-state index in [1.165, 1.54) is 4.31 Å². The lowest BCUT2D eigenvalue weighted by Gasteiger charge is -2.33. The van der Waals surface area contributed by atoms with Crippen LogP contribution >= 0.6 is 0 Å². The number of rotatable bonds is 5. The number of aliphatic hydroxyl groups is 1. The highest BCUT2D eigenvalue weighted by Crippen LogP contribution is 2.25. The van der Waals surface area contributed by atoms with Gasteiger partial charge in [0.05, 0.1) is 11.5 Å². The van der Waals surface area contributed by atoms with E-state index in [-0.39, 0.29) is 24.6 Å². The van der Waals surface area contributed by atoms with Crippen LogP contribution in [0.2, 0.25) is 0 Å². The second-order valence-corrected chi connectivity index (χ2v) is 6.93. The molecule has 0 amide bonds. The third kappa shape index (κ3) is 4.80. The summed E-state index contributed by atoms with van der Waals surface area (Å²) in [5, 5.41) is 8.86. The molecule has 0 aliphatic carbocycles. The standard InChI is InChI=1S/C13H17F3N2O4S/c14-13(15,16)22-11-1-3-12(4-2-11)23(20,21)18-7-5-17(6-8-18)9-10-19/h1-4,19H,5-10H2. The lowest BCUT2D eigenvalue weighted by atomic mass is 10.3. The number of hydrogen-bond acceptors (Lipinski definition) is 5. The SMILES string of the molecule is O=S(=O)(c1ccc(OC(F)(F)F)cc1)N1CCN(CCO)CC1. The van der Waals surface area contributed by atoms with Gasteiger partial charge in [0.25, 0.3) is 0 Å². The van der Waals surface area contributed by atoms with E-state index in [1.807, 2.05) is 4.90 Å². The van der Waals surface area contributed by atoms with Gasteiger partial charge in [-0.25, -0.2) is 8.42 Å². The van der Waals surface area contributed by atoms with E-state index in [0.29, 0.717) is 19.6 Å². The van der Waals surface area contributed by atoms with Crippen molar-refractivity contribution in [1.29, 1.82) is 0 Å². The monoisotopic (exact) mass is 354 g/mol. The zero-order valence-electron chi connectivity index (χ0n) is 12.2. The van der Waals surface area contributed by atoms with Crippen molar-refractivity contribution in [1.82, 2.24) is 9.21 Å². The highest BCUT2D eigenvalue weighted by Gasteiger charge is 2.32. The number of benzene rings is 1. The molecule has 1 aromatic rings. The Morgan fingerprint density at radius 1 is 1.09 bits per heavy atom. The molecule has 0 bridgehead atoms. The first-order valence-electron chi connectivity index (χ1n) is 6.91. The fraction of sp³-hybridized carbons (Fsp3) is 0.538. The van der Waals surface area contributed by atoms with Crippen molar-refractivity contribution in [2.45, 2.75) is 11.3 Å². The van der Waals surface area contributed by atoms with Crippen molar-refractivity contribution in [3.8, 4) is 5.75 Å². The average molecular weight is 354 g/mol. The number of β-amino-alcohol motifs (C(OH)–C–C–N with tert-alkyl or cyclic N) is 1. The summed E-state index contributed by atoms with van der Waals surface area (Å²) in [6.45, 7) is 2.02. The molecule has 0 radical (unpaired) electrons. The molecule has 0 aromatic heterocycles. The smallest absolute Gasteiger partial charge is 0.406 e. The Labute approximate surface area is 132 Å². The van der Waals surface area contributed by atoms with Crippen LogP contribution in [-0.4, -0.2) is 68.4 Å². The van der Waals surface area contributed by atoms with Gasteiger partial charge in [-0.3, -0.25) is 4.90 Å². The Balaban J connectivity index is 2.05. The van der Waals surface area contributed by atoms with Crippen molar-refractivity contribution in [2.24, 2.45) is 0 Å². The molecule has 0 spiro atoms. The summed E-state index contributed by atoms with van der Waals surface area (Å²) in [4.78, 5) is 1.86. The van der Waals surface area contributed by atoms with Gasteiger partial charge in [0, 0.05) is 32.7 Å². The van der Waals surface area contributed by atoms with E-state index in [0.717, 1.165) is 24.3 Å². The molecule has 2 rings (SSSR count). The van der Waals surface area contributed by atoms with Crippen LogP contribution in [0.15, 0.2) is 29.2 Å². The maximum absolute atomic E-state index is 12.4. The first-order chi connectivity index (χ1) is 10.7. The average Bonchev–Trinajstić information content (AvgIpc) is 2.47. The zero-order valence-corrected chi connectivity index (χ0v) is 13.0. The van der Waals surface area contributed by atoms with Crippen LogP contribution in [0.25, 0.3) is 0 Å². The fourth-order valence-electron chi connectivity index (χ4n) is 2.30. The Morgan fingerprint density at radius 2 is 1.65 bits per heavy atom. The number of hydrogen-bond donors (Lipinski definition) is 1. The third-order valence-electron chi connectivity index (χ3n) is 3.44. The molecule has 1 fully saturated rings.